The number of benzene rings is 1. The van der Waals surface area contributed by atoms with Crippen LogP contribution in [0.5, 0.6) is 0 Å². The Morgan fingerprint density at radius 2 is 1.73 bits per heavy atom. The van der Waals surface area contributed by atoms with Crippen LogP contribution in [-0.2, 0) is 6.18 Å². The van der Waals surface area contributed by atoms with Gasteiger partial charge in [0, 0.05) is 43.8 Å². The molecule has 1 N–H and O–H groups in total. The minimum Gasteiger partial charge on any atom is -0.369 e. The van der Waals surface area contributed by atoms with E-state index < -0.39 is 11.7 Å². The van der Waals surface area contributed by atoms with Crippen LogP contribution in [-0.4, -0.2) is 58.3 Å². The Morgan fingerprint density at radius 3 is 2.30 bits per heavy atom. The minimum absolute atomic E-state index is 0.201. The Labute approximate surface area is 189 Å². The second-order valence-electron chi connectivity index (χ2n) is 7.88. The molecule has 1 amide bonds. The molecule has 1 fully saturated rings. The maximum absolute atomic E-state index is 12.8. The summed E-state index contributed by atoms with van der Waals surface area (Å²) in [4.78, 5) is 21.3. The van der Waals surface area contributed by atoms with E-state index in [1.54, 1.807) is 6.92 Å². The molecular formula is C23H25F3N6O. The highest BCUT2D eigenvalue weighted by Gasteiger charge is 2.31. The molecule has 1 aromatic carbocycles. The predicted octanol–water partition coefficient (Wildman–Crippen LogP) is 3.99. The molecule has 4 rings (SSSR count). The van der Waals surface area contributed by atoms with Gasteiger partial charge in [0.25, 0.3) is 5.91 Å². The predicted molar refractivity (Wildman–Crippen MR) is 120 cm³/mol. The van der Waals surface area contributed by atoms with Crippen LogP contribution in [0.25, 0.3) is 5.82 Å². The molecule has 0 radical (unpaired) electrons. The van der Waals surface area contributed by atoms with Gasteiger partial charge >= 0.3 is 6.18 Å². The number of aromatic nitrogens is 3. The number of hydrogen-bond donors (Lipinski definition) is 1. The van der Waals surface area contributed by atoms with Gasteiger partial charge in [-0.1, -0.05) is 6.92 Å². The van der Waals surface area contributed by atoms with Gasteiger partial charge in [-0.2, -0.15) is 18.3 Å². The number of carbonyl (C=O) groups excluding carboxylic acids is 1. The number of amides is 1. The van der Waals surface area contributed by atoms with Gasteiger partial charge in [-0.25, -0.2) is 9.67 Å². The summed E-state index contributed by atoms with van der Waals surface area (Å²) in [5.41, 5.74) is 1.71. The molecule has 3 heterocycles. The zero-order chi connectivity index (χ0) is 23.6. The van der Waals surface area contributed by atoms with Crippen LogP contribution in [0, 0.1) is 6.92 Å². The number of carbonyl (C=O) groups is 1. The summed E-state index contributed by atoms with van der Waals surface area (Å²) in [6, 6.07) is 9.85. The third-order valence-electron chi connectivity index (χ3n) is 5.86. The normalized spacial score (nSPS) is 15.0. The van der Waals surface area contributed by atoms with Crippen LogP contribution >= 0.6 is 0 Å². The third kappa shape index (κ3) is 5.00. The highest BCUT2D eigenvalue weighted by molar-refractivity contribution is 6.05. The Bertz CT molecular complexity index is 1100. The van der Waals surface area contributed by atoms with Crippen LogP contribution in [0.4, 0.5) is 24.5 Å². The highest BCUT2D eigenvalue weighted by Crippen LogP contribution is 2.29. The monoisotopic (exact) mass is 458 g/mol. The van der Waals surface area contributed by atoms with Crippen molar-refractivity contribution in [3.8, 4) is 5.82 Å². The molecule has 2 aromatic heterocycles. The van der Waals surface area contributed by atoms with E-state index in [0.717, 1.165) is 50.7 Å². The highest BCUT2D eigenvalue weighted by atomic mass is 19.4. The Balaban J connectivity index is 1.42. The van der Waals surface area contributed by atoms with Gasteiger partial charge in [0.05, 0.1) is 23.0 Å². The van der Waals surface area contributed by atoms with Crippen LogP contribution in [0.15, 0.2) is 48.8 Å². The van der Waals surface area contributed by atoms with Crippen molar-refractivity contribution in [1.82, 2.24) is 19.7 Å². The van der Waals surface area contributed by atoms with Gasteiger partial charge < -0.3 is 15.1 Å². The molecule has 3 aromatic rings. The van der Waals surface area contributed by atoms with Crippen molar-refractivity contribution in [1.29, 1.82) is 0 Å². The van der Waals surface area contributed by atoms with Crippen molar-refractivity contribution in [2.75, 3.05) is 42.9 Å². The maximum Gasteiger partial charge on any atom is 0.417 e. The zero-order valence-corrected chi connectivity index (χ0v) is 18.4. The SMILES string of the molecule is CCN1CCN(c2ccc(NC(=O)c3cnn(-c4ccc(C(F)(F)F)cn4)c3C)cc2)CC1. The van der Waals surface area contributed by atoms with Gasteiger partial charge in [0.1, 0.15) is 0 Å². The van der Waals surface area contributed by atoms with Crippen molar-refractivity contribution >= 4 is 17.3 Å². The fourth-order valence-corrected chi connectivity index (χ4v) is 3.82. The van der Waals surface area contributed by atoms with E-state index in [2.05, 4.69) is 32.1 Å². The number of pyridine rings is 1. The van der Waals surface area contributed by atoms with Crippen molar-refractivity contribution in [3.05, 3.63) is 65.6 Å². The Hall–Kier alpha value is -3.40. The summed E-state index contributed by atoms with van der Waals surface area (Å²) in [6.07, 6.45) is -2.33. The smallest absolute Gasteiger partial charge is 0.369 e. The Morgan fingerprint density at radius 1 is 1.03 bits per heavy atom. The first-order chi connectivity index (χ1) is 15.8. The zero-order valence-electron chi connectivity index (χ0n) is 18.4. The van der Waals surface area contributed by atoms with E-state index in [4.69, 9.17) is 0 Å². The molecule has 0 atom stereocenters. The van der Waals surface area contributed by atoms with Crippen molar-refractivity contribution in [3.63, 3.8) is 0 Å². The number of nitrogens with zero attached hydrogens (tertiary/aromatic N) is 5. The molecule has 0 bridgehead atoms. The molecule has 7 nitrogen and oxygen atoms in total. The summed E-state index contributed by atoms with van der Waals surface area (Å²) >= 11 is 0. The summed E-state index contributed by atoms with van der Waals surface area (Å²) in [7, 11) is 0. The van der Waals surface area contributed by atoms with Gasteiger partial charge in [-0.05, 0) is 49.9 Å². The van der Waals surface area contributed by atoms with Gasteiger partial charge in [0.15, 0.2) is 5.82 Å². The molecule has 33 heavy (non-hydrogen) atoms. The molecule has 10 heteroatoms. The standard InChI is InChI=1S/C23H25F3N6O/c1-3-30-10-12-31(13-11-30)19-7-5-18(6-8-19)29-22(33)20-15-28-32(16(20)2)21-9-4-17(14-27-21)23(24,25)26/h4-9,14-15H,3,10-13H2,1-2H3,(H,29,33). The van der Waals surface area contributed by atoms with E-state index in [1.165, 1.54) is 16.9 Å². The molecule has 0 aliphatic carbocycles. The number of rotatable bonds is 5. The molecule has 174 valence electrons. The first-order valence-electron chi connectivity index (χ1n) is 10.7. The number of likely N-dealkylation sites (N-methyl/N-ethyl adjacent to an activating group) is 1. The molecule has 1 aliphatic rings. The fraction of sp³-hybridized carbons (Fsp3) is 0.348. The fourth-order valence-electron chi connectivity index (χ4n) is 3.82. The number of hydrogen-bond acceptors (Lipinski definition) is 5. The topological polar surface area (TPSA) is 66.3 Å². The second kappa shape index (κ2) is 9.22. The number of halogens is 3. The molecule has 0 spiro atoms. The molecule has 1 saturated heterocycles. The lowest BCUT2D eigenvalue weighted by atomic mass is 10.2. The summed E-state index contributed by atoms with van der Waals surface area (Å²) in [6.45, 7) is 8.90. The van der Waals surface area contributed by atoms with E-state index in [-0.39, 0.29) is 11.7 Å². The molecular weight excluding hydrogens is 433 g/mol. The van der Waals surface area contributed by atoms with E-state index in [9.17, 15) is 18.0 Å². The van der Waals surface area contributed by atoms with Crippen LogP contribution < -0.4 is 10.2 Å². The third-order valence-corrected chi connectivity index (χ3v) is 5.86. The van der Waals surface area contributed by atoms with Crippen molar-refractivity contribution in [2.45, 2.75) is 20.0 Å². The number of piperazine rings is 1. The first kappa shape index (κ1) is 22.8. The van der Waals surface area contributed by atoms with Crippen molar-refractivity contribution < 1.29 is 18.0 Å². The second-order valence-corrected chi connectivity index (χ2v) is 7.88. The van der Waals surface area contributed by atoms with Crippen LogP contribution in [0.3, 0.4) is 0 Å². The van der Waals surface area contributed by atoms with Gasteiger partial charge in [-0.15, -0.1) is 0 Å². The van der Waals surface area contributed by atoms with Crippen LogP contribution in [0.2, 0.25) is 0 Å². The van der Waals surface area contributed by atoms with Crippen molar-refractivity contribution in [2.24, 2.45) is 0 Å². The lowest BCUT2D eigenvalue weighted by Crippen LogP contribution is -2.46. The summed E-state index contributed by atoms with van der Waals surface area (Å²) in [5.74, 6) is -0.151. The molecule has 0 unspecified atom stereocenters. The van der Waals surface area contributed by atoms with E-state index in [1.807, 2.05) is 24.3 Å². The maximum atomic E-state index is 12.8. The number of anilines is 2. The molecule has 0 saturated carbocycles. The number of nitrogens with one attached hydrogen (secondary N) is 1. The average molecular weight is 458 g/mol. The quantitative estimate of drug-likeness (QED) is 0.626. The largest absolute Gasteiger partial charge is 0.417 e. The summed E-state index contributed by atoms with van der Waals surface area (Å²) in [5, 5.41) is 6.98. The van der Waals surface area contributed by atoms with E-state index in [0.29, 0.717) is 16.9 Å². The van der Waals surface area contributed by atoms with E-state index >= 15 is 0 Å². The lowest BCUT2D eigenvalue weighted by Gasteiger charge is -2.35. The number of alkyl halides is 3. The Kier molecular flexibility index (Phi) is 6.37. The van der Waals surface area contributed by atoms with Gasteiger partial charge in [0.2, 0.25) is 0 Å². The molecule has 1 aliphatic heterocycles. The summed E-state index contributed by atoms with van der Waals surface area (Å²) < 4.78 is 39.6. The van der Waals surface area contributed by atoms with Crippen LogP contribution in [0.1, 0.15) is 28.5 Å². The minimum atomic E-state index is -4.46. The van der Waals surface area contributed by atoms with Gasteiger partial charge in [-0.3, -0.25) is 4.79 Å². The lowest BCUT2D eigenvalue weighted by molar-refractivity contribution is -0.137. The average Bonchev–Trinajstić information content (AvgIpc) is 3.20. The first-order valence-corrected chi connectivity index (χ1v) is 10.7.